The Balaban J connectivity index is 1.55. The predicted molar refractivity (Wildman–Crippen MR) is 140 cm³/mol. The summed E-state index contributed by atoms with van der Waals surface area (Å²) in [5.41, 5.74) is 0.874. The number of carbonyl (C=O) groups is 2. The average molecular weight is 551 g/mol. The van der Waals surface area contributed by atoms with Crippen LogP contribution in [0.1, 0.15) is 51.9 Å². The monoisotopic (exact) mass is 550 g/mol. The Bertz CT molecular complexity index is 1190. The van der Waals surface area contributed by atoms with Crippen LogP contribution >= 0.6 is 11.3 Å². The quantitative estimate of drug-likeness (QED) is 0.466. The minimum Gasteiger partial charge on any atom is -0.494 e. The van der Waals surface area contributed by atoms with Gasteiger partial charge in [-0.3, -0.25) is 9.69 Å². The number of piperidine rings is 1. The fourth-order valence-electron chi connectivity index (χ4n) is 5.02. The molecule has 1 N–H and O–H groups in total. The highest BCUT2D eigenvalue weighted by atomic mass is 32.2. The molecule has 2 atom stereocenters. The summed E-state index contributed by atoms with van der Waals surface area (Å²) < 4.78 is 39.9. The van der Waals surface area contributed by atoms with Gasteiger partial charge in [0.25, 0.3) is 10.0 Å². The molecule has 1 aliphatic heterocycles. The lowest BCUT2D eigenvalue weighted by Crippen LogP contribution is -2.55. The molecule has 1 aromatic heterocycles. The lowest BCUT2D eigenvalue weighted by Gasteiger charge is -2.42. The molecule has 9 nitrogen and oxygen atoms in total. The maximum Gasteiger partial charge on any atom is 0.411 e. The van der Waals surface area contributed by atoms with E-state index in [2.05, 4.69) is 0 Å². The first kappa shape index (κ1) is 27.4. The lowest BCUT2D eigenvalue weighted by atomic mass is 9.91. The average Bonchev–Trinajstić information content (AvgIpc) is 3.57. The second-order valence-electron chi connectivity index (χ2n) is 9.55. The van der Waals surface area contributed by atoms with Crippen LogP contribution in [0.2, 0.25) is 0 Å². The highest BCUT2D eigenvalue weighted by Crippen LogP contribution is 2.36. The number of carbonyl (C=O) groups excluding carboxylic acids is 1. The molecule has 0 bridgehead atoms. The number of sulfonamides is 1. The van der Waals surface area contributed by atoms with Crippen molar-refractivity contribution in [1.29, 1.82) is 0 Å². The third-order valence-corrected chi connectivity index (χ3v) is 10.5. The highest BCUT2D eigenvalue weighted by Gasteiger charge is 2.41. The number of ether oxygens (including phenoxy) is 2. The second kappa shape index (κ2) is 11.8. The van der Waals surface area contributed by atoms with Crippen molar-refractivity contribution in [1.82, 2.24) is 9.21 Å². The van der Waals surface area contributed by atoms with Gasteiger partial charge in [-0.2, -0.15) is 4.31 Å². The summed E-state index contributed by atoms with van der Waals surface area (Å²) >= 11 is 1.15. The van der Waals surface area contributed by atoms with Crippen molar-refractivity contribution in [2.75, 3.05) is 20.2 Å². The zero-order valence-electron chi connectivity index (χ0n) is 21.2. The van der Waals surface area contributed by atoms with Gasteiger partial charge in [-0.25, -0.2) is 13.2 Å². The topological polar surface area (TPSA) is 113 Å². The maximum atomic E-state index is 13.7. The van der Waals surface area contributed by atoms with Gasteiger partial charge in [0, 0.05) is 24.9 Å². The largest absolute Gasteiger partial charge is 0.494 e. The van der Waals surface area contributed by atoms with Crippen LogP contribution in [0.25, 0.3) is 10.4 Å². The van der Waals surface area contributed by atoms with E-state index in [1.54, 1.807) is 12.1 Å². The zero-order chi connectivity index (χ0) is 26.6. The smallest absolute Gasteiger partial charge is 0.411 e. The normalized spacial score (nSPS) is 20.8. The molecular weight excluding hydrogens is 516 g/mol. The Labute approximate surface area is 222 Å². The Morgan fingerprint density at radius 3 is 2.46 bits per heavy atom. The molecule has 0 radical (unpaired) electrons. The van der Waals surface area contributed by atoms with E-state index in [9.17, 15) is 23.1 Å². The third-order valence-electron chi connectivity index (χ3n) is 7.03. The lowest BCUT2D eigenvalue weighted by molar-refractivity contribution is -0.138. The number of hydrogen-bond donors (Lipinski definition) is 1. The summed E-state index contributed by atoms with van der Waals surface area (Å²) in [6.07, 6.45) is 2.76. The number of amides is 1. The number of benzene rings is 1. The van der Waals surface area contributed by atoms with Crippen LogP contribution in [0.5, 0.6) is 5.75 Å². The SMILES string of the molecule is CCOc1ccc(-c2ccc(S(=O)(=O)N(C)[C@@H]3CC(CC(=O)O)CCN3C(=O)OC3CCCC3)s2)cc1. The highest BCUT2D eigenvalue weighted by molar-refractivity contribution is 7.91. The number of nitrogens with zero attached hydrogens (tertiary/aromatic N) is 2. The van der Waals surface area contributed by atoms with E-state index in [1.807, 2.05) is 31.2 Å². The van der Waals surface area contributed by atoms with Crippen molar-refractivity contribution in [3.05, 3.63) is 36.4 Å². The van der Waals surface area contributed by atoms with Crippen LogP contribution in [0.15, 0.2) is 40.6 Å². The number of aliphatic carboxylic acids is 1. The number of thiophene rings is 1. The van der Waals surface area contributed by atoms with Crippen LogP contribution in [-0.4, -0.2) is 67.3 Å². The van der Waals surface area contributed by atoms with Gasteiger partial charge in [0.1, 0.15) is 22.2 Å². The minimum absolute atomic E-state index is 0.0726. The molecule has 0 spiro atoms. The van der Waals surface area contributed by atoms with Gasteiger partial charge < -0.3 is 14.6 Å². The van der Waals surface area contributed by atoms with E-state index in [0.717, 1.165) is 53.2 Å². The molecule has 11 heteroatoms. The standard InChI is InChI=1S/C26H34N2O7S2/c1-3-34-20-10-8-19(9-11-20)22-12-13-25(36-22)37(32,33)27(2)23-16-18(17-24(29)30)14-15-28(23)26(31)35-21-6-4-5-7-21/h8-13,18,21,23H,3-7,14-17H2,1-2H3,(H,29,30)/t18?,23-/m0/s1. The van der Waals surface area contributed by atoms with Crippen LogP contribution < -0.4 is 4.74 Å². The summed E-state index contributed by atoms with van der Waals surface area (Å²) in [6, 6.07) is 10.8. The summed E-state index contributed by atoms with van der Waals surface area (Å²) in [5.74, 6) is -0.430. The number of carboxylic acids is 1. The zero-order valence-corrected chi connectivity index (χ0v) is 22.8. The molecule has 2 aromatic rings. The fraction of sp³-hybridized carbons (Fsp3) is 0.538. The minimum atomic E-state index is -3.96. The molecule has 202 valence electrons. The number of rotatable bonds is 9. The van der Waals surface area contributed by atoms with Crippen LogP contribution in [0.4, 0.5) is 4.79 Å². The first-order valence-corrected chi connectivity index (χ1v) is 14.9. The van der Waals surface area contributed by atoms with E-state index in [0.29, 0.717) is 13.0 Å². The van der Waals surface area contributed by atoms with Gasteiger partial charge in [-0.05, 0) is 93.3 Å². The Morgan fingerprint density at radius 1 is 1.11 bits per heavy atom. The van der Waals surface area contributed by atoms with E-state index in [1.165, 1.54) is 16.3 Å². The molecule has 1 aromatic carbocycles. The molecule has 1 saturated heterocycles. The Kier molecular flexibility index (Phi) is 8.76. The molecule has 1 unspecified atom stereocenters. The summed E-state index contributed by atoms with van der Waals surface area (Å²) in [4.78, 5) is 26.7. The molecule has 1 aliphatic carbocycles. The van der Waals surface area contributed by atoms with E-state index < -0.39 is 28.3 Å². The Morgan fingerprint density at radius 2 is 1.81 bits per heavy atom. The molecule has 4 rings (SSSR count). The molecular formula is C26H34N2O7S2. The van der Waals surface area contributed by atoms with Crippen molar-refractivity contribution >= 4 is 33.4 Å². The van der Waals surface area contributed by atoms with Crippen molar-refractivity contribution in [2.24, 2.45) is 5.92 Å². The summed E-state index contributed by atoms with van der Waals surface area (Å²) in [5, 5.41) is 9.31. The van der Waals surface area contributed by atoms with Gasteiger partial charge in [0.15, 0.2) is 0 Å². The maximum absolute atomic E-state index is 13.7. The molecule has 2 fully saturated rings. The molecule has 1 amide bonds. The molecule has 37 heavy (non-hydrogen) atoms. The van der Waals surface area contributed by atoms with Crippen molar-refractivity contribution < 1.29 is 32.6 Å². The summed E-state index contributed by atoms with van der Waals surface area (Å²) in [6.45, 7) is 2.72. The second-order valence-corrected chi connectivity index (χ2v) is 12.9. The van der Waals surface area contributed by atoms with Gasteiger partial charge in [-0.1, -0.05) is 0 Å². The van der Waals surface area contributed by atoms with Crippen LogP contribution in [-0.2, 0) is 19.6 Å². The van der Waals surface area contributed by atoms with Gasteiger partial charge in [0.05, 0.1) is 6.61 Å². The predicted octanol–water partition coefficient (Wildman–Crippen LogP) is 5.03. The van der Waals surface area contributed by atoms with E-state index >= 15 is 0 Å². The summed E-state index contributed by atoms with van der Waals surface area (Å²) in [7, 11) is -2.50. The van der Waals surface area contributed by atoms with Crippen molar-refractivity contribution in [3.63, 3.8) is 0 Å². The first-order chi connectivity index (χ1) is 17.7. The van der Waals surface area contributed by atoms with E-state index in [4.69, 9.17) is 9.47 Å². The molecule has 1 saturated carbocycles. The number of hydrogen-bond acceptors (Lipinski definition) is 7. The number of carboxylic acid groups (broad SMARTS) is 1. The van der Waals surface area contributed by atoms with Crippen molar-refractivity contribution in [2.45, 2.75) is 68.3 Å². The molecule has 2 heterocycles. The first-order valence-electron chi connectivity index (χ1n) is 12.7. The molecule has 2 aliphatic rings. The van der Waals surface area contributed by atoms with Crippen LogP contribution in [0.3, 0.4) is 0 Å². The van der Waals surface area contributed by atoms with Gasteiger partial charge in [0.2, 0.25) is 0 Å². The van der Waals surface area contributed by atoms with Gasteiger partial charge in [-0.15, -0.1) is 11.3 Å². The fourth-order valence-corrected chi connectivity index (χ4v) is 7.85. The van der Waals surface area contributed by atoms with Crippen molar-refractivity contribution in [3.8, 4) is 16.2 Å². The Hall–Kier alpha value is -2.63. The van der Waals surface area contributed by atoms with Gasteiger partial charge >= 0.3 is 12.1 Å². The van der Waals surface area contributed by atoms with Crippen LogP contribution in [0, 0.1) is 5.92 Å². The third kappa shape index (κ3) is 6.45. The van der Waals surface area contributed by atoms with E-state index in [-0.39, 0.29) is 35.6 Å². The number of likely N-dealkylation sites (tertiary alicyclic amines) is 1.